The quantitative estimate of drug-likeness (QED) is 0.339. The molecule has 1 aromatic carbocycles. The molecular weight excluding hydrogens is 292 g/mol. The third-order valence-corrected chi connectivity index (χ3v) is 2.71. The van der Waals surface area contributed by atoms with Crippen LogP contribution >= 0.6 is 0 Å². The summed E-state index contributed by atoms with van der Waals surface area (Å²) in [5, 5.41) is 20.0. The van der Waals surface area contributed by atoms with Crippen LogP contribution in [0.1, 0.15) is 30.9 Å². The van der Waals surface area contributed by atoms with E-state index in [1.165, 1.54) is 6.07 Å². The second-order valence-electron chi connectivity index (χ2n) is 4.08. The number of esters is 2. The summed E-state index contributed by atoms with van der Waals surface area (Å²) in [5.74, 6) is -3.52. The molecule has 0 heterocycles. The minimum Gasteiger partial charge on any atom is -0.465 e. The van der Waals surface area contributed by atoms with Crippen molar-refractivity contribution in [3.8, 4) is 6.07 Å². The first kappa shape index (κ1) is 17.1. The van der Waals surface area contributed by atoms with Crippen LogP contribution in [-0.4, -0.2) is 30.1 Å². The molecule has 116 valence electrons. The zero-order valence-electron chi connectivity index (χ0n) is 12.1. The topological polar surface area (TPSA) is 120 Å². The van der Waals surface area contributed by atoms with Gasteiger partial charge in [-0.1, -0.05) is 0 Å². The molecule has 0 aliphatic carbocycles. The maximum absolute atomic E-state index is 12.0. The van der Waals surface area contributed by atoms with E-state index in [0.717, 1.165) is 12.1 Å². The largest absolute Gasteiger partial charge is 0.465 e. The number of rotatable bonds is 6. The Labute approximate surface area is 126 Å². The Kier molecular flexibility index (Phi) is 6.01. The molecule has 0 saturated heterocycles. The average Bonchev–Trinajstić information content (AvgIpc) is 2.47. The number of benzene rings is 1. The molecule has 0 bridgehead atoms. The molecule has 0 atom stereocenters. The van der Waals surface area contributed by atoms with Crippen molar-refractivity contribution in [1.82, 2.24) is 0 Å². The van der Waals surface area contributed by atoms with Crippen LogP contribution in [0.3, 0.4) is 0 Å². The molecule has 0 amide bonds. The zero-order valence-corrected chi connectivity index (χ0v) is 12.1. The zero-order chi connectivity index (χ0) is 16.7. The molecule has 0 N–H and O–H groups in total. The van der Waals surface area contributed by atoms with Crippen molar-refractivity contribution in [3.63, 3.8) is 0 Å². The highest BCUT2D eigenvalue weighted by Gasteiger charge is 2.36. The Balaban J connectivity index is 3.46. The lowest BCUT2D eigenvalue weighted by Crippen LogP contribution is -2.27. The van der Waals surface area contributed by atoms with Gasteiger partial charge in [-0.05, 0) is 26.0 Å². The van der Waals surface area contributed by atoms with Crippen molar-refractivity contribution in [2.45, 2.75) is 19.8 Å². The van der Waals surface area contributed by atoms with Gasteiger partial charge in [-0.25, -0.2) is 0 Å². The predicted molar refractivity (Wildman–Crippen MR) is 73.8 cm³/mol. The van der Waals surface area contributed by atoms with E-state index in [1.807, 2.05) is 0 Å². The van der Waals surface area contributed by atoms with Gasteiger partial charge in [0.25, 0.3) is 5.69 Å². The number of nitrogens with zero attached hydrogens (tertiary/aromatic N) is 2. The summed E-state index contributed by atoms with van der Waals surface area (Å²) in [6, 6.07) is 5.23. The SMILES string of the molecule is CCOC(=O)C(C(=O)OCC)c1cc(C#N)ccc1[N+](=O)[O-]. The van der Waals surface area contributed by atoms with Crippen LogP contribution in [0.25, 0.3) is 0 Å². The fourth-order valence-corrected chi connectivity index (χ4v) is 1.82. The number of nitriles is 1. The number of ether oxygens (including phenoxy) is 2. The Morgan fingerprint density at radius 3 is 2.23 bits per heavy atom. The van der Waals surface area contributed by atoms with E-state index in [9.17, 15) is 19.7 Å². The van der Waals surface area contributed by atoms with Crippen molar-refractivity contribution in [1.29, 1.82) is 5.26 Å². The highest BCUT2D eigenvalue weighted by molar-refractivity contribution is 6.01. The molecule has 22 heavy (non-hydrogen) atoms. The average molecular weight is 306 g/mol. The molecule has 1 rings (SSSR count). The van der Waals surface area contributed by atoms with E-state index in [-0.39, 0.29) is 24.3 Å². The summed E-state index contributed by atoms with van der Waals surface area (Å²) in [6.45, 7) is 3.08. The minimum atomic E-state index is -1.60. The second-order valence-corrected chi connectivity index (χ2v) is 4.08. The summed E-state index contributed by atoms with van der Waals surface area (Å²) < 4.78 is 9.58. The van der Waals surface area contributed by atoms with E-state index < -0.39 is 28.5 Å². The summed E-state index contributed by atoms with van der Waals surface area (Å²) in [5.41, 5.74) is -0.592. The van der Waals surface area contributed by atoms with Gasteiger partial charge in [0, 0.05) is 6.07 Å². The van der Waals surface area contributed by atoms with Gasteiger partial charge in [-0.15, -0.1) is 0 Å². The molecule has 0 aliphatic rings. The van der Waals surface area contributed by atoms with E-state index in [1.54, 1.807) is 19.9 Å². The number of hydrogen-bond acceptors (Lipinski definition) is 7. The van der Waals surface area contributed by atoms with Crippen LogP contribution in [0.5, 0.6) is 0 Å². The van der Waals surface area contributed by atoms with E-state index in [0.29, 0.717) is 0 Å². The first-order valence-corrected chi connectivity index (χ1v) is 6.47. The maximum Gasteiger partial charge on any atom is 0.325 e. The smallest absolute Gasteiger partial charge is 0.325 e. The molecule has 0 spiro atoms. The molecule has 0 aromatic heterocycles. The van der Waals surface area contributed by atoms with Gasteiger partial charge in [0.1, 0.15) is 0 Å². The van der Waals surface area contributed by atoms with Gasteiger partial charge in [0.2, 0.25) is 0 Å². The Bertz CT molecular complexity index is 617. The minimum absolute atomic E-state index is 0.000473. The van der Waals surface area contributed by atoms with Crippen LogP contribution in [0.15, 0.2) is 18.2 Å². The Hall–Kier alpha value is -2.95. The number of hydrogen-bond donors (Lipinski definition) is 0. The van der Waals surface area contributed by atoms with Gasteiger partial charge < -0.3 is 9.47 Å². The lowest BCUT2D eigenvalue weighted by atomic mass is 9.95. The van der Waals surface area contributed by atoms with E-state index in [4.69, 9.17) is 14.7 Å². The standard InChI is InChI=1S/C14H14N2O6/c1-3-21-13(17)12(14(18)22-4-2)10-7-9(8-15)5-6-11(10)16(19)20/h5-7,12H,3-4H2,1-2H3. The molecule has 8 heteroatoms. The summed E-state index contributed by atoms with van der Waals surface area (Å²) >= 11 is 0. The fourth-order valence-electron chi connectivity index (χ4n) is 1.82. The lowest BCUT2D eigenvalue weighted by Gasteiger charge is -2.15. The van der Waals surface area contributed by atoms with Gasteiger partial charge in [-0.2, -0.15) is 5.26 Å². The van der Waals surface area contributed by atoms with Crippen LogP contribution in [-0.2, 0) is 19.1 Å². The van der Waals surface area contributed by atoms with Crippen molar-refractivity contribution >= 4 is 17.6 Å². The Morgan fingerprint density at radius 1 is 1.27 bits per heavy atom. The third kappa shape index (κ3) is 3.79. The first-order chi connectivity index (χ1) is 10.5. The third-order valence-electron chi connectivity index (χ3n) is 2.71. The normalized spacial score (nSPS) is 9.91. The van der Waals surface area contributed by atoms with E-state index >= 15 is 0 Å². The van der Waals surface area contributed by atoms with Crippen molar-refractivity contribution in [3.05, 3.63) is 39.4 Å². The number of nitro benzene ring substituents is 1. The van der Waals surface area contributed by atoms with Crippen molar-refractivity contribution in [2.75, 3.05) is 13.2 Å². The summed E-state index contributed by atoms with van der Waals surface area (Å²) in [7, 11) is 0. The second kappa shape index (κ2) is 7.73. The van der Waals surface area contributed by atoms with Gasteiger partial charge >= 0.3 is 11.9 Å². The van der Waals surface area contributed by atoms with Gasteiger partial charge in [-0.3, -0.25) is 19.7 Å². The number of carbonyl (C=O) groups excluding carboxylic acids is 2. The first-order valence-electron chi connectivity index (χ1n) is 6.47. The van der Waals surface area contributed by atoms with Gasteiger partial charge in [0.15, 0.2) is 5.92 Å². The molecule has 8 nitrogen and oxygen atoms in total. The van der Waals surface area contributed by atoms with Gasteiger partial charge in [0.05, 0.1) is 35.3 Å². The Morgan fingerprint density at radius 2 is 1.82 bits per heavy atom. The van der Waals surface area contributed by atoms with Crippen LogP contribution in [0.4, 0.5) is 5.69 Å². The van der Waals surface area contributed by atoms with E-state index in [2.05, 4.69) is 0 Å². The molecule has 0 saturated carbocycles. The summed E-state index contributed by atoms with van der Waals surface area (Å²) in [4.78, 5) is 34.4. The van der Waals surface area contributed by atoms with Crippen molar-refractivity contribution in [2.24, 2.45) is 0 Å². The fraction of sp³-hybridized carbons (Fsp3) is 0.357. The molecule has 0 unspecified atom stereocenters. The maximum atomic E-state index is 12.0. The molecule has 0 radical (unpaired) electrons. The van der Waals surface area contributed by atoms with Crippen LogP contribution in [0, 0.1) is 21.4 Å². The molecular formula is C14H14N2O6. The highest BCUT2D eigenvalue weighted by atomic mass is 16.6. The monoisotopic (exact) mass is 306 g/mol. The lowest BCUT2D eigenvalue weighted by molar-refractivity contribution is -0.385. The number of nitro groups is 1. The van der Waals surface area contributed by atoms with Crippen LogP contribution in [0.2, 0.25) is 0 Å². The highest BCUT2D eigenvalue weighted by Crippen LogP contribution is 2.30. The van der Waals surface area contributed by atoms with Crippen LogP contribution < -0.4 is 0 Å². The molecule has 0 aliphatic heterocycles. The molecule has 0 fully saturated rings. The molecule has 1 aromatic rings. The summed E-state index contributed by atoms with van der Waals surface area (Å²) in [6.07, 6.45) is 0. The number of carbonyl (C=O) groups is 2. The van der Waals surface area contributed by atoms with Crippen molar-refractivity contribution < 1.29 is 24.0 Å². The predicted octanol–water partition coefficient (Wildman–Crippen LogP) is 1.68.